The first-order valence-corrected chi connectivity index (χ1v) is 10.2. The van der Waals surface area contributed by atoms with Crippen molar-refractivity contribution in [2.45, 2.75) is 19.4 Å². The number of hydrogen-bond acceptors (Lipinski definition) is 7. The Labute approximate surface area is 184 Å². The topological polar surface area (TPSA) is 125 Å². The fourth-order valence-electron chi connectivity index (χ4n) is 3.20. The van der Waals surface area contributed by atoms with E-state index in [0.717, 1.165) is 11.3 Å². The number of nitrogens with zero attached hydrogens (tertiary/aromatic N) is 2. The fraction of sp³-hybridized carbons (Fsp3) is 0.174. The molecular formula is C23H22N6O3. The van der Waals surface area contributed by atoms with Crippen LogP contribution < -0.4 is 21.3 Å². The van der Waals surface area contributed by atoms with Crippen LogP contribution in [0.2, 0.25) is 0 Å². The summed E-state index contributed by atoms with van der Waals surface area (Å²) in [6, 6.07) is 16.2. The fourth-order valence-corrected chi connectivity index (χ4v) is 3.20. The Hall–Kier alpha value is -4.27. The molecule has 0 aliphatic carbocycles. The molecule has 0 spiro atoms. The Morgan fingerprint density at radius 3 is 2.22 bits per heavy atom. The molecule has 0 fully saturated rings. The minimum Gasteiger partial charge on any atom is -0.352 e. The lowest BCUT2D eigenvalue weighted by atomic mass is 10.1. The Bertz CT molecular complexity index is 1160. The van der Waals surface area contributed by atoms with Gasteiger partial charge < -0.3 is 21.3 Å². The third-order valence-corrected chi connectivity index (χ3v) is 4.83. The number of benzene rings is 2. The zero-order chi connectivity index (χ0) is 22.3. The Kier molecular flexibility index (Phi) is 6.35. The molecule has 32 heavy (non-hydrogen) atoms. The monoisotopic (exact) mass is 430 g/mol. The lowest BCUT2D eigenvalue weighted by Gasteiger charge is -2.12. The minimum atomic E-state index is -0.371. The molecule has 0 atom stereocenters. The van der Waals surface area contributed by atoms with Crippen molar-refractivity contribution in [3.8, 4) is 0 Å². The summed E-state index contributed by atoms with van der Waals surface area (Å²) >= 11 is 0. The van der Waals surface area contributed by atoms with E-state index in [2.05, 4.69) is 31.2 Å². The highest BCUT2D eigenvalue weighted by atomic mass is 16.2. The maximum Gasteiger partial charge on any atom is 0.251 e. The van der Waals surface area contributed by atoms with Crippen LogP contribution in [0.1, 0.15) is 28.8 Å². The summed E-state index contributed by atoms with van der Waals surface area (Å²) in [5.41, 5.74) is 2.78. The molecule has 0 saturated heterocycles. The zero-order valence-corrected chi connectivity index (χ0v) is 17.2. The molecule has 3 aromatic rings. The molecule has 4 N–H and O–H groups in total. The SMILES string of the molecule is O=C1CCC(=O)NCc2cccc(c2)Nc2cc(ncn2)Nc2cccc(c2)C(=O)NC1. The number of hydrogen-bond donors (Lipinski definition) is 4. The molecule has 1 aliphatic heterocycles. The molecule has 0 unspecified atom stereocenters. The summed E-state index contributed by atoms with van der Waals surface area (Å²) in [6.07, 6.45) is 1.56. The average molecular weight is 430 g/mol. The number of rotatable bonds is 0. The molecule has 1 aliphatic rings. The van der Waals surface area contributed by atoms with E-state index in [4.69, 9.17) is 0 Å². The predicted molar refractivity (Wildman–Crippen MR) is 120 cm³/mol. The van der Waals surface area contributed by atoms with Crippen LogP contribution in [-0.4, -0.2) is 34.1 Å². The molecular weight excluding hydrogens is 408 g/mol. The predicted octanol–water partition coefficient (Wildman–Crippen LogP) is 2.67. The number of fused-ring (bicyclic) bond motifs is 6. The second-order valence-electron chi connectivity index (χ2n) is 7.32. The number of amides is 2. The van der Waals surface area contributed by atoms with Crippen molar-refractivity contribution in [1.82, 2.24) is 20.6 Å². The standard InChI is InChI=1S/C23H22N6O3/c30-19-7-8-22(31)24-12-15-3-1-5-17(9-15)28-20-11-21(27-14-26-20)29-18-6-2-4-16(10-18)23(32)25-13-19/h1-6,9-11,14H,7-8,12-13H2,(H,24,31)(H,25,32)(H2,26,27,28,29). The normalized spacial score (nSPS) is 14.9. The van der Waals surface area contributed by atoms with Gasteiger partial charge in [0.05, 0.1) is 6.54 Å². The van der Waals surface area contributed by atoms with Crippen LogP contribution in [0.5, 0.6) is 0 Å². The van der Waals surface area contributed by atoms with Gasteiger partial charge in [0.15, 0.2) is 5.78 Å². The van der Waals surface area contributed by atoms with E-state index in [1.807, 2.05) is 30.3 Å². The summed E-state index contributed by atoms with van der Waals surface area (Å²) in [6.45, 7) is 0.206. The Balaban J connectivity index is 1.61. The van der Waals surface area contributed by atoms with Gasteiger partial charge >= 0.3 is 0 Å². The quantitative estimate of drug-likeness (QED) is 0.432. The number of aromatic nitrogens is 2. The van der Waals surface area contributed by atoms with E-state index >= 15 is 0 Å². The first-order chi connectivity index (χ1) is 15.5. The largest absolute Gasteiger partial charge is 0.352 e. The average Bonchev–Trinajstić information content (AvgIpc) is 2.80. The van der Waals surface area contributed by atoms with E-state index in [-0.39, 0.29) is 37.0 Å². The number of anilines is 4. The van der Waals surface area contributed by atoms with E-state index in [0.29, 0.717) is 29.4 Å². The van der Waals surface area contributed by atoms with Crippen LogP contribution >= 0.6 is 0 Å². The van der Waals surface area contributed by atoms with Gasteiger partial charge in [-0.15, -0.1) is 0 Å². The van der Waals surface area contributed by atoms with Gasteiger partial charge in [-0.3, -0.25) is 14.4 Å². The van der Waals surface area contributed by atoms with Crippen LogP contribution in [0, 0.1) is 0 Å². The highest BCUT2D eigenvalue weighted by molar-refractivity contribution is 5.98. The van der Waals surface area contributed by atoms with Gasteiger partial charge in [0, 0.05) is 42.4 Å². The van der Waals surface area contributed by atoms with Crippen molar-refractivity contribution in [2.24, 2.45) is 0 Å². The van der Waals surface area contributed by atoms with Crippen LogP contribution in [0.15, 0.2) is 60.9 Å². The van der Waals surface area contributed by atoms with Crippen molar-refractivity contribution < 1.29 is 14.4 Å². The van der Waals surface area contributed by atoms with E-state index < -0.39 is 0 Å². The molecule has 4 rings (SSSR count). The van der Waals surface area contributed by atoms with Gasteiger partial charge in [0.25, 0.3) is 5.91 Å². The number of Topliss-reactive ketones (excluding diaryl/α,β-unsaturated/α-hetero) is 1. The molecule has 6 bridgehead atoms. The van der Waals surface area contributed by atoms with E-state index in [9.17, 15) is 14.4 Å². The number of carbonyl (C=O) groups excluding carboxylic acids is 3. The van der Waals surface area contributed by atoms with Gasteiger partial charge in [0.1, 0.15) is 18.0 Å². The molecule has 2 amide bonds. The molecule has 1 aromatic heterocycles. The summed E-state index contributed by atoms with van der Waals surface area (Å²) in [5.74, 6) is 0.330. The minimum absolute atomic E-state index is 0.0568. The number of nitrogens with one attached hydrogen (secondary N) is 4. The molecule has 9 nitrogen and oxygen atoms in total. The lowest BCUT2D eigenvalue weighted by Crippen LogP contribution is -2.30. The third kappa shape index (κ3) is 5.66. The van der Waals surface area contributed by atoms with E-state index in [1.54, 1.807) is 24.3 Å². The zero-order valence-electron chi connectivity index (χ0n) is 17.2. The lowest BCUT2D eigenvalue weighted by molar-refractivity contribution is -0.125. The van der Waals surface area contributed by atoms with Gasteiger partial charge in [-0.25, -0.2) is 9.97 Å². The number of carbonyl (C=O) groups is 3. The molecule has 2 heterocycles. The Morgan fingerprint density at radius 1 is 0.719 bits per heavy atom. The van der Waals surface area contributed by atoms with Crippen LogP contribution in [0.25, 0.3) is 0 Å². The van der Waals surface area contributed by atoms with Crippen LogP contribution in [0.3, 0.4) is 0 Å². The first kappa shape index (κ1) is 21.0. The second-order valence-corrected chi connectivity index (χ2v) is 7.32. The highest BCUT2D eigenvalue weighted by Gasteiger charge is 2.12. The van der Waals surface area contributed by atoms with Crippen LogP contribution in [0.4, 0.5) is 23.0 Å². The van der Waals surface area contributed by atoms with Crippen molar-refractivity contribution >= 4 is 40.6 Å². The van der Waals surface area contributed by atoms with Crippen molar-refractivity contribution in [3.63, 3.8) is 0 Å². The van der Waals surface area contributed by atoms with Gasteiger partial charge in [0.2, 0.25) is 5.91 Å². The summed E-state index contributed by atoms with van der Waals surface area (Å²) in [4.78, 5) is 45.1. The van der Waals surface area contributed by atoms with Crippen LogP contribution in [-0.2, 0) is 16.1 Å². The highest BCUT2D eigenvalue weighted by Crippen LogP contribution is 2.21. The second kappa shape index (κ2) is 9.69. The van der Waals surface area contributed by atoms with Crippen molar-refractivity contribution in [3.05, 3.63) is 72.1 Å². The summed E-state index contributed by atoms with van der Waals surface area (Å²) < 4.78 is 0. The van der Waals surface area contributed by atoms with Gasteiger partial charge in [-0.2, -0.15) is 0 Å². The first-order valence-electron chi connectivity index (χ1n) is 10.2. The molecule has 0 saturated carbocycles. The smallest absolute Gasteiger partial charge is 0.251 e. The molecule has 9 heteroatoms. The maximum atomic E-state index is 12.4. The van der Waals surface area contributed by atoms with Gasteiger partial charge in [-0.05, 0) is 35.9 Å². The maximum absolute atomic E-state index is 12.4. The van der Waals surface area contributed by atoms with Crippen molar-refractivity contribution in [1.29, 1.82) is 0 Å². The summed E-state index contributed by atoms with van der Waals surface area (Å²) in [5, 5.41) is 11.8. The molecule has 162 valence electrons. The van der Waals surface area contributed by atoms with Gasteiger partial charge in [-0.1, -0.05) is 18.2 Å². The third-order valence-electron chi connectivity index (χ3n) is 4.83. The van der Waals surface area contributed by atoms with Crippen molar-refractivity contribution in [2.75, 3.05) is 17.2 Å². The Morgan fingerprint density at radius 2 is 1.44 bits per heavy atom. The number of ketones is 1. The van der Waals surface area contributed by atoms with E-state index in [1.165, 1.54) is 6.33 Å². The molecule has 0 radical (unpaired) electrons. The molecule has 2 aromatic carbocycles. The summed E-state index contributed by atoms with van der Waals surface area (Å²) in [7, 11) is 0.